The molecular formula is C11H10N2. The second kappa shape index (κ2) is 4.89. The van der Waals surface area contributed by atoms with E-state index in [-0.39, 0.29) is 0 Å². The summed E-state index contributed by atoms with van der Waals surface area (Å²) in [5, 5.41) is 8.69. The lowest BCUT2D eigenvalue weighted by Crippen LogP contribution is -1.85. The maximum Gasteiger partial charge on any atom is 0.140 e. The summed E-state index contributed by atoms with van der Waals surface area (Å²) in [4.78, 5) is 4.14. The molecule has 1 rings (SSSR count). The molecule has 0 spiro atoms. The van der Waals surface area contributed by atoms with Gasteiger partial charge in [0.05, 0.1) is 5.69 Å². The van der Waals surface area contributed by atoms with Crippen LogP contribution in [0, 0.1) is 11.3 Å². The summed E-state index contributed by atoms with van der Waals surface area (Å²) >= 11 is 0. The molecule has 0 aliphatic carbocycles. The molecule has 2 heteroatoms. The standard InChI is InChI=1S/C11H10N2/c1-2-6-11(9-12)13-10-7-4-3-5-8-10/h2-8H,1H3/b6-2+,13-11?. The Balaban J connectivity index is 2.93. The number of hydrogen-bond acceptors (Lipinski definition) is 2. The molecule has 13 heavy (non-hydrogen) atoms. The first-order valence-corrected chi connectivity index (χ1v) is 4.03. The Hall–Kier alpha value is -1.88. The molecule has 0 N–H and O–H groups in total. The lowest BCUT2D eigenvalue weighted by Gasteiger charge is -1.91. The lowest BCUT2D eigenvalue weighted by atomic mass is 10.3. The third-order valence-corrected chi connectivity index (χ3v) is 1.44. The second-order valence-electron chi connectivity index (χ2n) is 2.44. The summed E-state index contributed by atoms with van der Waals surface area (Å²) in [6, 6.07) is 11.4. The Labute approximate surface area is 77.9 Å². The summed E-state index contributed by atoms with van der Waals surface area (Å²) in [6.45, 7) is 1.86. The first-order valence-electron chi connectivity index (χ1n) is 4.03. The molecule has 0 radical (unpaired) electrons. The van der Waals surface area contributed by atoms with Crippen molar-refractivity contribution in [2.24, 2.45) is 4.99 Å². The molecule has 1 aromatic rings. The van der Waals surface area contributed by atoms with E-state index >= 15 is 0 Å². The van der Waals surface area contributed by atoms with Gasteiger partial charge in [-0.25, -0.2) is 4.99 Å². The van der Waals surface area contributed by atoms with Crippen LogP contribution in [0.5, 0.6) is 0 Å². The molecule has 0 unspecified atom stereocenters. The van der Waals surface area contributed by atoms with E-state index in [0.29, 0.717) is 5.71 Å². The van der Waals surface area contributed by atoms with Gasteiger partial charge in [0, 0.05) is 0 Å². The number of aliphatic imine (C=N–C) groups is 1. The number of nitriles is 1. The predicted molar refractivity (Wildman–Crippen MR) is 54.0 cm³/mol. The molecule has 0 saturated carbocycles. The largest absolute Gasteiger partial charge is 0.238 e. The summed E-state index contributed by atoms with van der Waals surface area (Å²) in [6.07, 6.45) is 3.48. The Morgan fingerprint density at radius 2 is 2.08 bits per heavy atom. The van der Waals surface area contributed by atoms with Gasteiger partial charge < -0.3 is 0 Å². The van der Waals surface area contributed by atoms with E-state index < -0.39 is 0 Å². The van der Waals surface area contributed by atoms with Crippen LogP contribution in [0.3, 0.4) is 0 Å². The van der Waals surface area contributed by atoms with Crippen molar-refractivity contribution >= 4 is 11.4 Å². The van der Waals surface area contributed by atoms with Gasteiger partial charge in [-0.1, -0.05) is 24.3 Å². The van der Waals surface area contributed by atoms with Gasteiger partial charge >= 0.3 is 0 Å². The molecule has 0 aliphatic rings. The van der Waals surface area contributed by atoms with Gasteiger partial charge in [0.25, 0.3) is 0 Å². The number of nitrogens with zero attached hydrogens (tertiary/aromatic N) is 2. The Bertz CT molecular complexity index is 355. The third kappa shape index (κ3) is 2.92. The number of para-hydroxylation sites is 1. The number of benzene rings is 1. The number of rotatable bonds is 2. The minimum absolute atomic E-state index is 0.425. The van der Waals surface area contributed by atoms with Crippen LogP contribution in [-0.4, -0.2) is 5.71 Å². The van der Waals surface area contributed by atoms with Gasteiger partial charge in [-0.3, -0.25) is 0 Å². The SMILES string of the molecule is C/C=C/C(C#N)=Nc1ccccc1. The maximum absolute atomic E-state index is 8.69. The van der Waals surface area contributed by atoms with E-state index in [1.807, 2.05) is 43.3 Å². The van der Waals surface area contributed by atoms with Crippen LogP contribution < -0.4 is 0 Å². The van der Waals surface area contributed by atoms with Crippen LogP contribution in [0.1, 0.15) is 6.92 Å². The number of allylic oxidation sites excluding steroid dienone is 2. The Morgan fingerprint density at radius 1 is 1.38 bits per heavy atom. The zero-order valence-corrected chi connectivity index (χ0v) is 7.44. The van der Waals surface area contributed by atoms with Crippen molar-refractivity contribution in [3.8, 4) is 6.07 Å². The van der Waals surface area contributed by atoms with Crippen molar-refractivity contribution in [2.75, 3.05) is 0 Å². The fraction of sp³-hybridized carbons (Fsp3) is 0.0909. The fourth-order valence-electron chi connectivity index (χ4n) is 0.899. The smallest absolute Gasteiger partial charge is 0.140 e. The molecule has 0 atom stereocenters. The highest BCUT2D eigenvalue weighted by molar-refractivity contribution is 6.08. The molecule has 2 nitrogen and oxygen atoms in total. The average molecular weight is 170 g/mol. The van der Waals surface area contributed by atoms with Gasteiger partial charge in [-0.2, -0.15) is 5.26 Å². The normalized spacial score (nSPS) is 11.5. The van der Waals surface area contributed by atoms with Gasteiger partial charge in [0.15, 0.2) is 0 Å². The van der Waals surface area contributed by atoms with Crippen molar-refractivity contribution < 1.29 is 0 Å². The zero-order chi connectivity index (χ0) is 9.52. The highest BCUT2D eigenvalue weighted by Gasteiger charge is 1.90. The molecule has 0 aliphatic heterocycles. The minimum Gasteiger partial charge on any atom is -0.238 e. The Kier molecular flexibility index (Phi) is 3.46. The minimum atomic E-state index is 0.425. The molecule has 64 valence electrons. The van der Waals surface area contributed by atoms with Gasteiger partial charge in [0.2, 0.25) is 0 Å². The summed E-state index contributed by atoms with van der Waals surface area (Å²) in [5.41, 5.74) is 1.23. The highest BCUT2D eigenvalue weighted by Crippen LogP contribution is 2.09. The van der Waals surface area contributed by atoms with E-state index in [9.17, 15) is 0 Å². The first-order chi connectivity index (χ1) is 6.36. The molecule has 0 saturated heterocycles. The summed E-state index contributed by atoms with van der Waals surface area (Å²) in [7, 11) is 0. The Morgan fingerprint density at radius 3 is 2.62 bits per heavy atom. The molecule has 0 fully saturated rings. The highest BCUT2D eigenvalue weighted by atomic mass is 14.7. The van der Waals surface area contributed by atoms with Crippen molar-refractivity contribution in [3.05, 3.63) is 42.5 Å². The van der Waals surface area contributed by atoms with Crippen LogP contribution in [0.15, 0.2) is 47.5 Å². The zero-order valence-electron chi connectivity index (χ0n) is 7.44. The summed E-state index contributed by atoms with van der Waals surface area (Å²) in [5.74, 6) is 0. The fourth-order valence-corrected chi connectivity index (χ4v) is 0.899. The molecule has 0 amide bonds. The second-order valence-corrected chi connectivity index (χ2v) is 2.44. The predicted octanol–water partition coefficient (Wildman–Crippen LogP) is 2.86. The van der Waals surface area contributed by atoms with Crippen LogP contribution in [0.2, 0.25) is 0 Å². The van der Waals surface area contributed by atoms with Crippen molar-refractivity contribution in [2.45, 2.75) is 6.92 Å². The van der Waals surface area contributed by atoms with Crippen molar-refractivity contribution in [1.29, 1.82) is 5.26 Å². The molecule has 0 aromatic heterocycles. The van der Waals surface area contributed by atoms with Crippen LogP contribution in [0.4, 0.5) is 5.69 Å². The molecule has 1 aromatic carbocycles. The van der Waals surface area contributed by atoms with E-state index in [0.717, 1.165) is 5.69 Å². The van der Waals surface area contributed by atoms with Gasteiger partial charge in [-0.15, -0.1) is 0 Å². The van der Waals surface area contributed by atoms with E-state index in [1.165, 1.54) is 0 Å². The van der Waals surface area contributed by atoms with Crippen LogP contribution >= 0.6 is 0 Å². The quantitative estimate of drug-likeness (QED) is 0.628. The monoisotopic (exact) mass is 170 g/mol. The molecule has 0 heterocycles. The molecular weight excluding hydrogens is 160 g/mol. The van der Waals surface area contributed by atoms with Crippen LogP contribution in [0.25, 0.3) is 0 Å². The lowest BCUT2D eigenvalue weighted by molar-refractivity contribution is 1.49. The first kappa shape index (κ1) is 9.21. The average Bonchev–Trinajstić information content (AvgIpc) is 2.19. The van der Waals surface area contributed by atoms with E-state index in [1.54, 1.807) is 12.2 Å². The maximum atomic E-state index is 8.69. The van der Waals surface area contributed by atoms with Gasteiger partial charge in [-0.05, 0) is 25.1 Å². The molecule has 0 bridgehead atoms. The van der Waals surface area contributed by atoms with E-state index in [4.69, 9.17) is 5.26 Å². The van der Waals surface area contributed by atoms with Crippen LogP contribution in [-0.2, 0) is 0 Å². The van der Waals surface area contributed by atoms with E-state index in [2.05, 4.69) is 4.99 Å². The van der Waals surface area contributed by atoms with Crippen molar-refractivity contribution in [1.82, 2.24) is 0 Å². The summed E-state index contributed by atoms with van der Waals surface area (Å²) < 4.78 is 0. The van der Waals surface area contributed by atoms with Crippen molar-refractivity contribution in [3.63, 3.8) is 0 Å². The number of hydrogen-bond donors (Lipinski definition) is 0. The third-order valence-electron chi connectivity index (χ3n) is 1.44. The topological polar surface area (TPSA) is 36.1 Å². The van der Waals surface area contributed by atoms with Gasteiger partial charge in [0.1, 0.15) is 11.8 Å².